The molecule has 6 heteroatoms. The fourth-order valence-corrected chi connectivity index (χ4v) is 4.34. The van der Waals surface area contributed by atoms with E-state index in [2.05, 4.69) is 5.32 Å². The lowest BCUT2D eigenvalue weighted by Gasteiger charge is -2.18. The molecule has 0 radical (unpaired) electrons. The van der Waals surface area contributed by atoms with Gasteiger partial charge in [0, 0.05) is 13.1 Å². The maximum atomic E-state index is 12.7. The summed E-state index contributed by atoms with van der Waals surface area (Å²) in [7, 11) is -1.63. The predicted octanol–water partition coefficient (Wildman–Crippen LogP) is 1.10. The zero-order valence-electron chi connectivity index (χ0n) is 11.8. The van der Waals surface area contributed by atoms with Gasteiger partial charge in [-0.3, -0.25) is 0 Å². The molecule has 0 amide bonds. The van der Waals surface area contributed by atoms with E-state index in [0.29, 0.717) is 30.1 Å². The van der Waals surface area contributed by atoms with Crippen LogP contribution in [0, 0.1) is 24.2 Å². The fourth-order valence-electron chi connectivity index (χ4n) is 2.56. The Hall–Kier alpha value is -1.42. The molecule has 0 aliphatic carbocycles. The highest BCUT2D eigenvalue weighted by atomic mass is 32.2. The molecule has 1 N–H and O–H groups in total. The topological polar surface area (TPSA) is 73.2 Å². The molecule has 20 heavy (non-hydrogen) atoms. The van der Waals surface area contributed by atoms with Crippen LogP contribution in [0.1, 0.15) is 17.5 Å². The Balaban J connectivity index is 2.30. The molecular formula is C14H19N3O2S. The van der Waals surface area contributed by atoms with Crippen molar-refractivity contribution in [2.24, 2.45) is 5.92 Å². The zero-order valence-corrected chi connectivity index (χ0v) is 12.6. The molecule has 0 bridgehead atoms. The first-order valence-electron chi connectivity index (χ1n) is 6.64. The van der Waals surface area contributed by atoms with Crippen LogP contribution in [0.25, 0.3) is 0 Å². The van der Waals surface area contributed by atoms with Crippen LogP contribution in [0.15, 0.2) is 23.1 Å². The molecule has 1 atom stereocenters. The standard InChI is InChI=1S/C14H19N3O2S/c1-11-3-4-12(8-15)7-14(11)20(18,19)17-6-5-13(10-17)9-16-2/h3-4,7,13,16H,5-6,9-10H2,1-2H3/t13-/m1/s1. The number of nitrogens with one attached hydrogen (secondary N) is 1. The summed E-state index contributed by atoms with van der Waals surface area (Å²) in [6.07, 6.45) is 0.872. The summed E-state index contributed by atoms with van der Waals surface area (Å²) in [5, 5.41) is 12.0. The number of hydrogen-bond acceptors (Lipinski definition) is 4. The lowest BCUT2D eigenvalue weighted by atomic mass is 10.1. The van der Waals surface area contributed by atoms with Gasteiger partial charge in [0.15, 0.2) is 0 Å². The highest BCUT2D eigenvalue weighted by Gasteiger charge is 2.33. The molecule has 2 rings (SSSR count). The third-order valence-electron chi connectivity index (χ3n) is 3.68. The quantitative estimate of drug-likeness (QED) is 0.902. The van der Waals surface area contributed by atoms with Crippen molar-refractivity contribution in [1.82, 2.24) is 9.62 Å². The summed E-state index contributed by atoms with van der Waals surface area (Å²) in [5.41, 5.74) is 1.06. The van der Waals surface area contributed by atoms with E-state index in [-0.39, 0.29) is 4.90 Å². The number of aryl methyl sites for hydroxylation is 1. The molecule has 0 unspecified atom stereocenters. The van der Waals surface area contributed by atoms with Gasteiger partial charge in [0.2, 0.25) is 10.0 Å². The molecule has 0 spiro atoms. The molecule has 1 aromatic carbocycles. The second kappa shape index (κ2) is 5.92. The van der Waals surface area contributed by atoms with Crippen LogP contribution >= 0.6 is 0 Å². The van der Waals surface area contributed by atoms with Crippen molar-refractivity contribution >= 4 is 10.0 Å². The van der Waals surface area contributed by atoms with Crippen LogP contribution in [0.3, 0.4) is 0 Å². The van der Waals surface area contributed by atoms with E-state index in [1.807, 2.05) is 13.1 Å². The van der Waals surface area contributed by atoms with Gasteiger partial charge in [-0.05, 0) is 50.6 Å². The lowest BCUT2D eigenvalue weighted by molar-refractivity contribution is 0.451. The van der Waals surface area contributed by atoms with E-state index < -0.39 is 10.0 Å². The molecular weight excluding hydrogens is 274 g/mol. The molecule has 1 aliphatic rings. The highest BCUT2D eigenvalue weighted by molar-refractivity contribution is 7.89. The van der Waals surface area contributed by atoms with E-state index in [1.54, 1.807) is 19.1 Å². The van der Waals surface area contributed by atoms with E-state index >= 15 is 0 Å². The van der Waals surface area contributed by atoms with E-state index in [0.717, 1.165) is 13.0 Å². The minimum atomic E-state index is -3.50. The summed E-state index contributed by atoms with van der Waals surface area (Å²) < 4.78 is 26.9. The summed E-state index contributed by atoms with van der Waals surface area (Å²) >= 11 is 0. The van der Waals surface area contributed by atoms with Gasteiger partial charge >= 0.3 is 0 Å². The molecule has 108 valence electrons. The molecule has 0 saturated carbocycles. The fraction of sp³-hybridized carbons (Fsp3) is 0.500. The summed E-state index contributed by atoms with van der Waals surface area (Å²) in [4.78, 5) is 0.252. The maximum Gasteiger partial charge on any atom is 0.243 e. The van der Waals surface area contributed by atoms with Crippen molar-refractivity contribution in [3.63, 3.8) is 0 Å². The van der Waals surface area contributed by atoms with Gasteiger partial charge in [0.05, 0.1) is 16.5 Å². The number of nitrogens with zero attached hydrogens (tertiary/aromatic N) is 2. The van der Waals surface area contributed by atoms with Crippen LogP contribution < -0.4 is 5.32 Å². The van der Waals surface area contributed by atoms with Gasteiger partial charge in [0.1, 0.15) is 0 Å². The summed E-state index contributed by atoms with van der Waals surface area (Å²) in [6.45, 7) is 3.67. The van der Waals surface area contributed by atoms with Gasteiger partial charge in [-0.1, -0.05) is 6.07 Å². The predicted molar refractivity (Wildman–Crippen MR) is 76.7 cm³/mol. The maximum absolute atomic E-state index is 12.7. The Morgan fingerprint density at radius 3 is 2.90 bits per heavy atom. The van der Waals surface area contributed by atoms with Gasteiger partial charge in [-0.2, -0.15) is 9.57 Å². The normalized spacial score (nSPS) is 19.9. The SMILES string of the molecule is CNC[C@H]1CCN(S(=O)(=O)c2cc(C#N)ccc2C)C1. The minimum absolute atomic E-state index is 0.252. The Morgan fingerprint density at radius 2 is 2.25 bits per heavy atom. The lowest BCUT2D eigenvalue weighted by Crippen LogP contribution is -2.31. The van der Waals surface area contributed by atoms with Crippen molar-refractivity contribution < 1.29 is 8.42 Å². The van der Waals surface area contributed by atoms with Crippen molar-refractivity contribution in [3.8, 4) is 6.07 Å². The molecule has 5 nitrogen and oxygen atoms in total. The highest BCUT2D eigenvalue weighted by Crippen LogP contribution is 2.26. The summed E-state index contributed by atoms with van der Waals surface area (Å²) in [5.74, 6) is 0.356. The molecule has 1 aliphatic heterocycles. The summed E-state index contributed by atoms with van der Waals surface area (Å²) in [6, 6.07) is 6.79. The second-order valence-electron chi connectivity index (χ2n) is 5.17. The van der Waals surface area contributed by atoms with Crippen molar-refractivity contribution in [2.45, 2.75) is 18.2 Å². The average molecular weight is 293 g/mol. The zero-order chi connectivity index (χ0) is 14.8. The van der Waals surface area contributed by atoms with Crippen molar-refractivity contribution in [2.75, 3.05) is 26.7 Å². The number of rotatable bonds is 4. The van der Waals surface area contributed by atoms with Crippen LogP contribution in [0.2, 0.25) is 0 Å². The van der Waals surface area contributed by atoms with Crippen molar-refractivity contribution in [1.29, 1.82) is 5.26 Å². The van der Waals surface area contributed by atoms with E-state index in [9.17, 15) is 8.42 Å². The Morgan fingerprint density at radius 1 is 1.50 bits per heavy atom. The number of hydrogen-bond donors (Lipinski definition) is 1. The van der Waals surface area contributed by atoms with Gasteiger partial charge in [0.25, 0.3) is 0 Å². The molecule has 1 saturated heterocycles. The molecule has 1 fully saturated rings. The number of sulfonamides is 1. The van der Waals surface area contributed by atoms with Gasteiger partial charge in [-0.15, -0.1) is 0 Å². The largest absolute Gasteiger partial charge is 0.319 e. The van der Waals surface area contributed by atoms with E-state index in [1.165, 1.54) is 10.4 Å². The monoisotopic (exact) mass is 293 g/mol. The Bertz CT molecular complexity index is 634. The van der Waals surface area contributed by atoms with Gasteiger partial charge in [-0.25, -0.2) is 8.42 Å². The molecule has 1 heterocycles. The first-order valence-corrected chi connectivity index (χ1v) is 8.08. The third kappa shape index (κ3) is 2.85. The van der Waals surface area contributed by atoms with Crippen molar-refractivity contribution in [3.05, 3.63) is 29.3 Å². The Kier molecular flexibility index (Phi) is 4.43. The third-order valence-corrected chi connectivity index (χ3v) is 5.68. The minimum Gasteiger partial charge on any atom is -0.319 e. The molecule has 0 aromatic heterocycles. The Labute approximate surface area is 120 Å². The molecule has 1 aromatic rings. The van der Waals surface area contributed by atoms with Crippen LogP contribution in [-0.2, 0) is 10.0 Å². The van der Waals surface area contributed by atoms with Crippen LogP contribution in [0.4, 0.5) is 0 Å². The number of nitriles is 1. The van der Waals surface area contributed by atoms with Crippen LogP contribution in [0.5, 0.6) is 0 Å². The first-order chi connectivity index (χ1) is 9.48. The van der Waals surface area contributed by atoms with Gasteiger partial charge < -0.3 is 5.32 Å². The van der Waals surface area contributed by atoms with Crippen LogP contribution in [-0.4, -0.2) is 39.4 Å². The van der Waals surface area contributed by atoms with E-state index in [4.69, 9.17) is 5.26 Å². The smallest absolute Gasteiger partial charge is 0.243 e. The number of benzene rings is 1. The second-order valence-corrected chi connectivity index (χ2v) is 7.07. The first kappa shape index (κ1) is 15.0. The average Bonchev–Trinajstić information content (AvgIpc) is 2.89.